The van der Waals surface area contributed by atoms with E-state index in [4.69, 9.17) is 0 Å². The minimum Gasteiger partial charge on any atom is -0.466 e. The molecule has 1 aliphatic rings. The lowest BCUT2D eigenvalue weighted by molar-refractivity contribution is -0.134. The van der Waals surface area contributed by atoms with Crippen LogP contribution in [0.3, 0.4) is 0 Å². The summed E-state index contributed by atoms with van der Waals surface area (Å²) >= 11 is 0. The second-order valence-corrected chi connectivity index (χ2v) is 4.51. The van der Waals surface area contributed by atoms with Crippen LogP contribution < -0.4 is 0 Å². The number of carbonyl (C=O) groups is 1. The third-order valence-electron chi connectivity index (χ3n) is 3.25. The zero-order chi connectivity index (χ0) is 12.5. The Morgan fingerprint density at radius 2 is 2.06 bits per heavy atom. The van der Waals surface area contributed by atoms with Gasteiger partial charge in [-0.15, -0.1) is 0 Å². The number of esters is 1. The largest absolute Gasteiger partial charge is 0.466 e. The quantitative estimate of drug-likeness (QED) is 0.455. The van der Waals surface area contributed by atoms with E-state index in [0.29, 0.717) is 12.3 Å². The highest BCUT2D eigenvalue weighted by molar-refractivity contribution is 5.82. The van der Waals surface area contributed by atoms with Gasteiger partial charge in [-0.1, -0.05) is 37.5 Å². The van der Waals surface area contributed by atoms with Gasteiger partial charge in [-0.3, -0.25) is 0 Å². The van der Waals surface area contributed by atoms with Crippen LogP contribution >= 0.6 is 0 Å². The van der Waals surface area contributed by atoms with Gasteiger partial charge in [0.25, 0.3) is 0 Å². The van der Waals surface area contributed by atoms with Gasteiger partial charge in [-0.2, -0.15) is 0 Å². The van der Waals surface area contributed by atoms with E-state index in [1.807, 2.05) is 6.08 Å². The maximum absolute atomic E-state index is 10.8. The fraction of sp³-hybridized carbons (Fsp3) is 0.643. The van der Waals surface area contributed by atoms with E-state index in [0.717, 1.165) is 12.8 Å². The number of rotatable bonds is 5. The van der Waals surface area contributed by atoms with Gasteiger partial charge in [0, 0.05) is 6.08 Å². The Morgan fingerprint density at radius 1 is 1.35 bits per heavy atom. The Morgan fingerprint density at radius 3 is 2.71 bits per heavy atom. The molecular weight excluding hydrogens is 216 g/mol. The van der Waals surface area contributed by atoms with Crippen LogP contribution in [0.1, 0.15) is 38.5 Å². The van der Waals surface area contributed by atoms with E-state index in [1.165, 1.54) is 32.4 Å². The molecule has 1 fully saturated rings. The summed E-state index contributed by atoms with van der Waals surface area (Å²) in [7, 11) is 1.35. The van der Waals surface area contributed by atoms with Crippen molar-refractivity contribution < 1.29 is 14.6 Å². The van der Waals surface area contributed by atoms with E-state index < -0.39 is 0 Å². The first-order chi connectivity index (χ1) is 8.24. The molecule has 0 spiro atoms. The molecule has 1 unspecified atom stereocenters. The van der Waals surface area contributed by atoms with Crippen molar-refractivity contribution in [1.82, 2.24) is 0 Å². The molecule has 0 saturated heterocycles. The molecule has 17 heavy (non-hydrogen) atoms. The Bertz CT molecular complexity index is 275. The van der Waals surface area contributed by atoms with Gasteiger partial charge >= 0.3 is 5.97 Å². The first kappa shape index (κ1) is 14.0. The molecule has 1 saturated carbocycles. The molecule has 3 nitrogen and oxygen atoms in total. The topological polar surface area (TPSA) is 46.5 Å². The minimum atomic E-state index is -0.359. The molecule has 0 aliphatic heterocycles. The van der Waals surface area contributed by atoms with E-state index in [-0.39, 0.29) is 12.1 Å². The van der Waals surface area contributed by atoms with E-state index in [9.17, 15) is 9.90 Å². The fourth-order valence-electron chi connectivity index (χ4n) is 2.21. The predicted molar refractivity (Wildman–Crippen MR) is 67.5 cm³/mol. The van der Waals surface area contributed by atoms with Gasteiger partial charge in [0.1, 0.15) is 0 Å². The molecular formula is C14H22O3. The maximum atomic E-state index is 10.8. The Labute approximate surface area is 103 Å². The van der Waals surface area contributed by atoms with E-state index >= 15 is 0 Å². The Hall–Kier alpha value is -1.09. The van der Waals surface area contributed by atoms with Crippen LogP contribution in [0.15, 0.2) is 24.3 Å². The van der Waals surface area contributed by atoms with E-state index in [1.54, 1.807) is 12.2 Å². The highest BCUT2D eigenvalue weighted by Crippen LogP contribution is 2.27. The highest BCUT2D eigenvalue weighted by atomic mass is 16.5. The summed E-state index contributed by atoms with van der Waals surface area (Å²) in [4.78, 5) is 10.8. The first-order valence-corrected chi connectivity index (χ1v) is 6.33. The van der Waals surface area contributed by atoms with Crippen LogP contribution in [-0.2, 0) is 9.53 Å². The summed E-state index contributed by atoms with van der Waals surface area (Å²) in [6.07, 6.45) is 13.2. The summed E-state index contributed by atoms with van der Waals surface area (Å²) < 4.78 is 4.46. The van der Waals surface area contributed by atoms with Gasteiger partial charge in [-0.05, 0) is 25.2 Å². The number of hydrogen-bond donors (Lipinski definition) is 1. The molecule has 0 aromatic rings. The van der Waals surface area contributed by atoms with Crippen molar-refractivity contribution in [1.29, 1.82) is 0 Å². The number of ether oxygens (including phenoxy) is 1. The normalized spacial score (nSPS) is 19.9. The van der Waals surface area contributed by atoms with Gasteiger partial charge in [-0.25, -0.2) is 4.79 Å². The van der Waals surface area contributed by atoms with Crippen LogP contribution in [0.2, 0.25) is 0 Å². The van der Waals surface area contributed by atoms with Crippen LogP contribution in [0.4, 0.5) is 0 Å². The van der Waals surface area contributed by atoms with Gasteiger partial charge in [0.05, 0.1) is 13.2 Å². The molecule has 3 heteroatoms. The predicted octanol–water partition coefficient (Wildman–Crippen LogP) is 2.60. The summed E-state index contributed by atoms with van der Waals surface area (Å²) in [6, 6.07) is 0. The van der Waals surface area contributed by atoms with Crippen molar-refractivity contribution in [2.75, 3.05) is 7.11 Å². The number of methoxy groups -OCH3 is 1. The van der Waals surface area contributed by atoms with Crippen molar-refractivity contribution in [3.63, 3.8) is 0 Å². The lowest BCUT2D eigenvalue weighted by Gasteiger charge is -2.25. The molecule has 0 amide bonds. The van der Waals surface area contributed by atoms with Crippen molar-refractivity contribution in [2.45, 2.75) is 44.6 Å². The average Bonchev–Trinajstić information content (AvgIpc) is 2.38. The summed E-state index contributed by atoms with van der Waals surface area (Å²) in [5.74, 6) is 0.0977. The Kier molecular flexibility index (Phi) is 6.63. The standard InChI is InChI=1S/C14H22O3/c1-17-14(16)11-7-3-6-10-13(15)12-8-4-2-5-9-12/h3,6-7,11-13,15H,2,4-5,8-10H2,1H3/b6-3+,11-7+. The average molecular weight is 238 g/mol. The summed E-state index contributed by atoms with van der Waals surface area (Å²) in [5, 5.41) is 9.96. The van der Waals surface area contributed by atoms with Crippen molar-refractivity contribution in [2.24, 2.45) is 5.92 Å². The molecule has 96 valence electrons. The van der Waals surface area contributed by atoms with Crippen molar-refractivity contribution >= 4 is 5.97 Å². The third-order valence-corrected chi connectivity index (χ3v) is 3.25. The molecule has 0 radical (unpaired) electrons. The molecule has 0 heterocycles. The second kappa shape index (κ2) is 8.07. The van der Waals surface area contributed by atoms with Gasteiger partial charge < -0.3 is 9.84 Å². The molecule has 0 aromatic carbocycles. The zero-order valence-corrected chi connectivity index (χ0v) is 10.5. The molecule has 0 bridgehead atoms. The SMILES string of the molecule is COC(=O)/C=C/C=C/CC(O)C1CCCCC1. The van der Waals surface area contributed by atoms with Crippen LogP contribution in [0.5, 0.6) is 0 Å². The summed E-state index contributed by atoms with van der Waals surface area (Å²) in [5.41, 5.74) is 0. The van der Waals surface area contributed by atoms with Crippen LogP contribution in [0, 0.1) is 5.92 Å². The molecule has 0 aromatic heterocycles. The van der Waals surface area contributed by atoms with Crippen molar-refractivity contribution in [3.8, 4) is 0 Å². The number of carbonyl (C=O) groups excluding carboxylic acids is 1. The highest BCUT2D eigenvalue weighted by Gasteiger charge is 2.20. The van der Waals surface area contributed by atoms with Gasteiger partial charge in [0.15, 0.2) is 0 Å². The number of allylic oxidation sites excluding steroid dienone is 2. The molecule has 1 atom stereocenters. The maximum Gasteiger partial charge on any atom is 0.330 e. The molecule has 1 aliphatic carbocycles. The Balaban J connectivity index is 2.22. The van der Waals surface area contributed by atoms with Gasteiger partial charge in [0.2, 0.25) is 0 Å². The first-order valence-electron chi connectivity index (χ1n) is 6.33. The monoisotopic (exact) mass is 238 g/mol. The third kappa shape index (κ3) is 5.68. The number of aliphatic hydroxyl groups is 1. The lowest BCUT2D eigenvalue weighted by Crippen LogP contribution is -2.22. The molecule has 1 rings (SSSR count). The van der Waals surface area contributed by atoms with Crippen molar-refractivity contribution in [3.05, 3.63) is 24.3 Å². The number of hydrogen-bond acceptors (Lipinski definition) is 3. The second-order valence-electron chi connectivity index (χ2n) is 4.51. The minimum absolute atomic E-state index is 0.238. The summed E-state index contributed by atoms with van der Waals surface area (Å²) in [6.45, 7) is 0. The molecule has 1 N–H and O–H groups in total. The zero-order valence-electron chi connectivity index (χ0n) is 10.5. The van der Waals surface area contributed by atoms with Crippen LogP contribution in [0.25, 0.3) is 0 Å². The smallest absolute Gasteiger partial charge is 0.330 e. The van der Waals surface area contributed by atoms with E-state index in [2.05, 4.69) is 4.74 Å². The fourth-order valence-corrected chi connectivity index (χ4v) is 2.21. The lowest BCUT2D eigenvalue weighted by atomic mass is 9.84. The van der Waals surface area contributed by atoms with Crippen LogP contribution in [-0.4, -0.2) is 24.3 Å². The number of aliphatic hydroxyl groups excluding tert-OH is 1.